The lowest BCUT2D eigenvalue weighted by Gasteiger charge is -2.13. The Labute approximate surface area is 144 Å². The number of aromatic nitrogens is 3. The molecule has 0 atom stereocenters. The van der Waals surface area contributed by atoms with Crippen molar-refractivity contribution in [2.75, 3.05) is 0 Å². The van der Waals surface area contributed by atoms with Crippen LogP contribution in [0, 0.1) is 12.7 Å². The molecule has 0 saturated carbocycles. The van der Waals surface area contributed by atoms with Gasteiger partial charge in [0.1, 0.15) is 5.82 Å². The number of H-pyrrole nitrogens is 1. The Bertz CT molecular complexity index is 1040. The highest BCUT2D eigenvalue weighted by Crippen LogP contribution is 2.26. The van der Waals surface area contributed by atoms with Gasteiger partial charge >= 0.3 is 5.76 Å². The van der Waals surface area contributed by atoms with Crippen molar-refractivity contribution in [3.05, 3.63) is 72.3 Å². The molecule has 0 aliphatic heterocycles. The maximum Gasteiger partial charge on any atom is 0.434 e. The lowest BCUT2D eigenvalue weighted by molar-refractivity contribution is 0.525. The fourth-order valence-corrected chi connectivity index (χ4v) is 2.87. The van der Waals surface area contributed by atoms with Gasteiger partial charge in [-0.25, -0.2) is 14.3 Å². The smallest absolute Gasteiger partial charge is 0.388 e. The summed E-state index contributed by atoms with van der Waals surface area (Å²) in [5.74, 6) is -1.03. The zero-order valence-corrected chi connectivity index (χ0v) is 14.5. The molecule has 2 heterocycles. The van der Waals surface area contributed by atoms with Crippen molar-refractivity contribution in [1.82, 2.24) is 14.8 Å². The summed E-state index contributed by atoms with van der Waals surface area (Å²) >= 11 is 3.21. The molecule has 2 aromatic heterocycles. The Kier molecular flexibility index (Phi) is 4.23. The summed E-state index contributed by atoms with van der Waals surface area (Å²) in [5.41, 5.74) is 1.70. The summed E-state index contributed by atoms with van der Waals surface area (Å²) in [4.78, 5) is 23.5. The van der Waals surface area contributed by atoms with Crippen LogP contribution in [0.15, 0.2) is 42.9 Å². The minimum Gasteiger partial charge on any atom is -0.388 e. The van der Waals surface area contributed by atoms with E-state index in [1.807, 2.05) is 0 Å². The summed E-state index contributed by atoms with van der Waals surface area (Å²) in [6, 6.07) is 4.73. The predicted octanol–water partition coefficient (Wildman–Crippen LogP) is 2.53. The maximum absolute atomic E-state index is 14.2. The van der Waals surface area contributed by atoms with Crippen LogP contribution >= 0.6 is 15.9 Å². The van der Waals surface area contributed by atoms with Crippen LogP contribution in [0.2, 0.25) is 0 Å². The molecular formula is C16H13BrFN3O3. The molecule has 3 aromatic rings. The molecule has 0 aliphatic rings. The Morgan fingerprint density at radius 2 is 2.12 bits per heavy atom. The zero-order valence-electron chi connectivity index (χ0n) is 12.9. The quantitative estimate of drug-likeness (QED) is 0.741. The third-order valence-electron chi connectivity index (χ3n) is 3.79. The van der Waals surface area contributed by atoms with Gasteiger partial charge in [0.2, 0.25) is 0 Å². The number of hydrogen-bond donors (Lipinski definition) is 1. The Morgan fingerprint density at radius 1 is 1.38 bits per heavy atom. The molecule has 3 rings (SSSR count). The second kappa shape index (κ2) is 6.20. The average molecular weight is 394 g/mol. The van der Waals surface area contributed by atoms with Gasteiger partial charge in [-0.1, -0.05) is 22.0 Å². The number of hydrogen-bond acceptors (Lipinski definition) is 4. The molecule has 0 amide bonds. The molecule has 0 aliphatic carbocycles. The maximum atomic E-state index is 14.2. The SMILES string of the molecule is Cc1c(Cc2ccc(Br)cc2F)c(-c2n[nH]c(=O)o2)cn(C)c1=O. The number of halogens is 2. The second-order valence-corrected chi connectivity index (χ2v) is 6.31. The van der Waals surface area contributed by atoms with Crippen molar-refractivity contribution < 1.29 is 8.81 Å². The van der Waals surface area contributed by atoms with Crippen molar-refractivity contribution in [3.8, 4) is 11.5 Å². The van der Waals surface area contributed by atoms with Crippen LogP contribution < -0.4 is 11.3 Å². The first-order valence-corrected chi connectivity index (χ1v) is 7.85. The van der Waals surface area contributed by atoms with E-state index in [-0.39, 0.29) is 23.7 Å². The molecule has 6 nitrogen and oxygen atoms in total. The van der Waals surface area contributed by atoms with Gasteiger partial charge in [-0.15, -0.1) is 5.10 Å². The molecule has 0 saturated heterocycles. The van der Waals surface area contributed by atoms with Crippen molar-refractivity contribution >= 4 is 15.9 Å². The number of aryl methyl sites for hydroxylation is 1. The van der Waals surface area contributed by atoms with E-state index in [9.17, 15) is 14.0 Å². The first-order chi connectivity index (χ1) is 11.4. The molecule has 8 heteroatoms. The van der Waals surface area contributed by atoms with E-state index in [0.29, 0.717) is 26.7 Å². The highest BCUT2D eigenvalue weighted by atomic mass is 79.9. The summed E-state index contributed by atoms with van der Waals surface area (Å²) in [6.45, 7) is 1.66. The van der Waals surface area contributed by atoms with Gasteiger partial charge in [-0.3, -0.25) is 4.79 Å². The first kappa shape index (κ1) is 16.4. The van der Waals surface area contributed by atoms with Crippen LogP contribution in [0.3, 0.4) is 0 Å². The standard InChI is InChI=1S/C16H13BrFN3O3/c1-8-11(5-9-3-4-10(17)6-13(9)18)12(7-21(2)15(8)22)14-19-20-16(23)24-14/h3-4,6-7H,5H2,1-2H3,(H,20,23). The van der Waals surface area contributed by atoms with Gasteiger partial charge in [-0.2, -0.15) is 0 Å². The molecule has 0 fully saturated rings. The van der Waals surface area contributed by atoms with Crippen LogP contribution in [-0.2, 0) is 13.5 Å². The van der Waals surface area contributed by atoms with Gasteiger partial charge < -0.3 is 8.98 Å². The number of benzene rings is 1. The largest absolute Gasteiger partial charge is 0.434 e. The fraction of sp³-hybridized carbons (Fsp3) is 0.188. The number of rotatable bonds is 3. The molecule has 24 heavy (non-hydrogen) atoms. The lowest BCUT2D eigenvalue weighted by atomic mass is 9.97. The highest BCUT2D eigenvalue weighted by molar-refractivity contribution is 9.10. The van der Waals surface area contributed by atoms with Crippen molar-refractivity contribution in [3.63, 3.8) is 0 Å². The van der Waals surface area contributed by atoms with E-state index in [0.717, 1.165) is 0 Å². The molecule has 1 N–H and O–H groups in total. The van der Waals surface area contributed by atoms with E-state index in [1.165, 1.54) is 16.8 Å². The minimum atomic E-state index is -0.697. The van der Waals surface area contributed by atoms with E-state index in [4.69, 9.17) is 4.42 Å². The van der Waals surface area contributed by atoms with Crippen LogP contribution in [0.4, 0.5) is 4.39 Å². The minimum absolute atomic E-state index is 0.0613. The van der Waals surface area contributed by atoms with Crippen LogP contribution in [0.5, 0.6) is 0 Å². The first-order valence-electron chi connectivity index (χ1n) is 7.05. The number of aromatic amines is 1. The van der Waals surface area contributed by atoms with E-state index in [2.05, 4.69) is 26.1 Å². The van der Waals surface area contributed by atoms with Crippen molar-refractivity contribution in [1.29, 1.82) is 0 Å². The third kappa shape index (κ3) is 2.96. The Hall–Kier alpha value is -2.48. The Morgan fingerprint density at radius 3 is 2.75 bits per heavy atom. The Balaban J connectivity index is 2.20. The molecule has 0 spiro atoms. The van der Waals surface area contributed by atoms with Crippen LogP contribution in [0.1, 0.15) is 16.7 Å². The van der Waals surface area contributed by atoms with Crippen LogP contribution in [-0.4, -0.2) is 14.8 Å². The normalized spacial score (nSPS) is 11.0. The summed E-state index contributed by atoms with van der Waals surface area (Å²) < 4.78 is 21.2. The molecule has 124 valence electrons. The van der Waals surface area contributed by atoms with Gasteiger partial charge in [0.05, 0.1) is 5.56 Å². The second-order valence-electron chi connectivity index (χ2n) is 5.39. The lowest BCUT2D eigenvalue weighted by Crippen LogP contribution is -2.21. The van der Waals surface area contributed by atoms with Crippen molar-refractivity contribution in [2.45, 2.75) is 13.3 Å². The molecule has 1 aromatic carbocycles. The number of nitrogens with one attached hydrogen (secondary N) is 1. The average Bonchev–Trinajstić information content (AvgIpc) is 2.96. The summed E-state index contributed by atoms with van der Waals surface area (Å²) in [7, 11) is 1.59. The monoisotopic (exact) mass is 393 g/mol. The van der Waals surface area contributed by atoms with Crippen LogP contribution in [0.25, 0.3) is 11.5 Å². The topological polar surface area (TPSA) is 80.9 Å². The predicted molar refractivity (Wildman–Crippen MR) is 89.4 cm³/mol. The molecular weight excluding hydrogens is 381 g/mol. The number of nitrogens with zero attached hydrogens (tertiary/aromatic N) is 2. The van der Waals surface area contributed by atoms with Gasteiger partial charge in [0.15, 0.2) is 0 Å². The summed E-state index contributed by atoms with van der Waals surface area (Å²) in [6.07, 6.45) is 1.70. The fourth-order valence-electron chi connectivity index (χ4n) is 2.54. The van der Waals surface area contributed by atoms with Gasteiger partial charge in [-0.05, 0) is 30.2 Å². The van der Waals surface area contributed by atoms with E-state index in [1.54, 1.807) is 26.1 Å². The van der Waals surface area contributed by atoms with Gasteiger partial charge in [0.25, 0.3) is 11.4 Å². The number of pyridine rings is 1. The van der Waals surface area contributed by atoms with Crippen molar-refractivity contribution in [2.24, 2.45) is 7.05 Å². The zero-order chi connectivity index (χ0) is 17.4. The van der Waals surface area contributed by atoms with E-state index >= 15 is 0 Å². The highest BCUT2D eigenvalue weighted by Gasteiger charge is 2.18. The molecule has 0 unspecified atom stereocenters. The van der Waals surface area contributed by atoms with Gasteiger partial charge in [0, 0.05) is 29.7 Å². The summed E-state index contributed by atoms with van der Waals surface area (Å²) in [5, 5.41) is 6.01. The van der Waals surface area contributed by atoms with E-state index < -0.39 is 5.76 Å². The third-order valence-corrected chi connectivity index (χ3v) is 4.29. The molecule has 0 bridgehead atoms. The molecule has 0 radical (unpaired) electrons.